The molecule has 1 aliphatic rings. The van der Waals surface area contributed by atoms with Gasteiger partial charge in [0.25, 0.3) is 0 Å². The van der Waals surface area contributed by atoms with E-state index in [0.717, 1.165) is 0 Å². The highest BCUT2D eigenvalue weighted by Gasteiger charge is 2.22. The van der Waals surface area contributed by atoms with Gasteiger partial charge in [0, 0.05) is 25.3 Å². The van der Waals surface area contributed by atoms with Gasteiger partial charge in [0.15, 0.2) is 0 Å². The maximum atomic E-state index is 10.9. The van der Waals surface area contributed by atoms with Gasteiger partial charge in [-0.25, -0.2) is 0 Å². The summed E-state index contributed by atoms with van der Waals surface area (Å²) in [6.45, 7) is 0.589. The average molecular weight is 231 g/mol. The summed E-state index contributed by atoms with van der Waals surface area (Å²) < 4.78 is 5.26. The van der Waals surface area contributed by atoms with Crippen LogP contribution in [0.2, 0.25) is 0 Å². The van der Waals surface area contributed by atoms with Crippen LogP contribution in [0.15, 0.2) is 4.42 Å². The highest BCUT2D eigenvalue weighted by Crippen LogP contribution is 2.11. The van der Waals surface area contributed by atoms with Crippen molar-refractivity contribution in [3.63, 3.8) is 0 Å². The van der Waals surface area contributed by atoms with Crippen molar-refractivity contribution in [2.45, 2.75) is 18.9 Å². The number of hydrogen-bond donors (Lipinski definition) is 2. The number of hydrogen-bond acceptors (Lipinski definition) is 5. The van der Waals surface area contributed by atoms with Crippen LogP contribution in [0.1, 0.15) is 12.3 Å². The molecule has 1 aromatic heterocycles. The van der Waals surface area contributed by atoms with E-state index in [4.69, 9.17) is 16.0 Å². The zero-order valence-electron chi connectivity index (χ0n) is 7.99. The molecule has 0 saturated carbocycles. The third kappa shape index (κ3) is 2.59. The predicted molar refractivity (Wildman–Crippen MR) is 53.8 cm³/mol. The molecule has 0 bridgehead atoms. The molecule has 0 aromatic carbocycles. The van der Waals surface area contributed by atoms with Gasteiger partial charge in [-0.05, 0) is 0 Å². The lowest BCUT2D eigenvalue weighted by Crippen LogP contribution is -2.22. The first-order chi connectivity index (χ1) is 7.28. The van der Waals surface area contributed by atoms with E-state index in [1.54, 1.807) is 0 Å². The quantitative estimate of drug-likeness (QED) is 0.720. The van der Waals surface area contributed by atoms with Gasteiger partial charge in [-0.3, -0.25) is 4.79 Å². The van der Waals surface area contributed by atoms with E-state index in [9.17, 15) is 4.79 Å². The van der Waals surface area contributed by atoms with E-state index in [0.29, 0.717) is 37.2 Å². The molecule has 1 aromatic rings. The van der Waals surface area contributed by atoms with Crippen LogP contribution >= 0.6 is 11.6 Å². The van der Waals surface area contributed by atoms with E-state index >= 15 is 0 Å². The van der Waals surface area contributed by atoms with Gasteiger partial charge in [-0.15, -0.1) is 16.7 Å². The predicted octanol–water partition coefficient (Wildman–Crippen LogP) is 0.151. The van der Waals surface area contributed by atoms with Crippen LogP contribution in [-0.4, -0.2) is 34.6 Å². The standard InChI is InChI=1S/C8H11ClN4O2/c9-2-1-7-12-13-8(15-7)11-5-3-6(14)10-4-5/h5H,1-4H2,(H,10,14)(H,11,13). The Labute approximate surface area is 91.4 Å². The second-order valence-corrected chi connectivity index (χ2v) is 3.67. The first-order valence-electron chi connectivity index (χ1n) is 4.69. The second-order valence-electron chi connectivity index (χ2n) is 3.29. The molecule has 0 aliphatic carbocycles. The maximum Gasteiger partial charge on any atom is 0.315 e. The van der Waals surface area contributed by atoms with Gasteiger partial charge < -0.3 is 15.1 Å². The molecule has 6 nitrogen and oxygen atoms in total. The number of halogens is 1. The van der Waals surface area contributed by atoms with E-state index < -0.39 is 0 Å². The molecule has 2 N–H and O–H groups in total. The Morgan fingerprint density at radius 2 is 2.47 bits per heavy atom. The Kier molecular flexibility index (Phi) is 3.05. The number of alkyl halides is 1. The molecule has 1 atom stereocenters. The Morgan fingerprint density at radius 1 is 1.60 bits per heavy atom. The SMILES string of the molecule is O=C1CC(Nc2nnc(CCCl)o2)CN1. The molecule has 0 radical (unpaired) electrons. The molecule has 2 heterocycles. The topological polar surface area (TPSA) is 80.1 Å². The molecule has 7 heteroatoms. The van der Waals surface area contributed by atoms with Crippen LogP contribution in [0.4, 0.5) is 6.01 Å². The minimum absolute atomic E-state index is 0.0294. The van der Waals surface area contributed by atoms with Crippen molar-refractivity contribution in [3.05, 3.63) is 5.89 Å². The third-order valence-electron chi connectivity index (χ3n) is 2.08. The molecule has 15 heavy (non-hydrogen) atoms. The van der Waals surface area contributed by atoms with Crippen molar-refractivity contribution in [2.24, 2.45) is 0 Å². The van der Waals surface area contributed by atoms with E-state index in [1.165, 1.54) is 0 Å². The summed E-state index contributed by atoms with van der Waals surface area (Å²) >= 11 is 5.53. The summed E-state index contributed by atoms with van der Waals surface area (Å²) in [5.41, 5.74) is 0. The highest BCUT2D eigenvalue weighted by molar-refractivity contribution is 6.17. The smallest absolute Gasteiger partial charge is 0.315 e. The van der Waals surface area contributed by atoms with Gasteiger partial charge in [0.1, 0.15) is 0 Å². The van der Waals surface area contributed by atoms with E-state index in [-0.39, 0.29) is 11.9 Å². The van der Waals surface area contributed by atoms with Crippen molar-refractivity contribution in [2.75, 3.05) is 17.7 Å². The Balaban J connectivity index is 1.90. The Bertz CT molecular complexity index is 354. The summed E-state index contributed by atoms with van der Waals surface area (Å²) in [5.74, 6) is 0.989. The first kappa shape index (κ1) is 10.2. The fourth-order valence-corrected chi connectivity index (χ4v) is 1.54. The lowest BCUT2D eigenvalue weighted by molar-refractivity contribution is -0.119. The van der Waals surface area contributed by atoms with Gasteiger partial charge in [0.2, 0.25) is 11.8 Å². The lowest BCUT2D eigenvalue weighted by Gasteiger charge is -2.05. The molecular formula is C8H11ClN4O2. The summed E-state index contributed by atoms with van der Waals surface area (Å²) in [4.78, 5) is 10.9. The number of nitrogens with one attached hydrogen (secondary N) is 2. The maximum absolute atomic E-state index is 10.9. The Hall–Kier alpha value is -1.30. The monoisotopic (exact) mass is 230 g/mol. The van der Waals surface area contributed by atoms with Crippen LogP contribution in [0.25, 0.3) is 0 Å². The molecule has 0 spiro atoms. The molecule has 1 fully saturated rings. The van der Waals surface area contributed by atoms with Crippen LogP contribution in [-0.2, 0) is 11.2 Å². The van der Waals surface area contributed by atoms with Crippen molar-refractivity contribution in [3.8, 4) is 0 Å². The summed E-state index contributed by atoms with van der Waals surface area (Å²) in [7, 11) is 0. The molecule has 1 amide bonds. The summed E-state index contributed by atoms with van der Waals surface area (Å²) in [6.07, 6.45) is 0.991. The second kappa shape index (κ2) is 4.48. The number of amides is 1. The number of carbonyl (C=O) groups excluding carboxylic acids is 1. The summed E-state index contributed by atoms with van der Waals surface area (Å²) in [5, 5.41) is 13.3. The fraction of sp³-hybridized carbons (Fsp3) is 0.625. The number of aromatic nitrogens is 2. The molecule has 2 rings (SSSR count). The van der Waals surface area contributed by atoms with E-state index in [1.807, 2.05) is 0 Å². The minimum Gasteiger partial charge on any atom is -0.408 e. The van der Waals surface area contributed by atoms with Gasteiger partial charge in [0.05, 0.1) is 6.04 Å². The summed E-state index contributed by atoms with van der Waals surface area (Å²) in [6, 6.07) is 0.374. The molecule has 1 saturated heterocycles. The first-order valence-corrected chi connectivity index (χ1v) is 5.23. The number of aryl methyl sites for hydroxylation is 1. The van der Waals surface area contributed by atoms with Crippen LogP contribution in [0.5, 0.6) is 0 Å². The van der Waals surface area contributed by atoms with Gasteiger partial charge in [-0.2, -0.15) is 0 Å². The van der Waals surface area contributed by atoms with Crippen LogP contribution in [0.3, 0.4) is 0 Å². The van der Waals surface area contributed by atoms with Crippen molar-refractivity contribution < 1.29 is 9.21 Å². The average Bonchev–Trinajstić information content (AvgIpc) is 2.78. The Morgan fingerprint density at radius 3 is 3.13 bits per heavy atom. The number of anilines is 1. The van der Waals surface area contributed by atoms with Crippen molar-refractivity contribution in [1.82, 2.24) is 15.5 Å². The highest BCUT2D eigenvalue weighted by atomic mass is 35.5. The number of nitrogens with zero attached hydrogens (tertiary/aromatic N) is 2. The number of carbonyl (C=O) groups is 1. The lowest BCUT2D eigenvalue weighted by atomic mass is 10.3. The normalized spacial score (nSPS) is 20.3. The fourth-order valence-electron chi connectivity index (χ4n) is 1.38. The molecule has 1 aliphatic heterocycles. The minimum atomic E-state index is 0.0294. The zero-order chi connectivity index (χ0) is 10.7. The van der Waals surface area contributed by atoms with Crippen molar-refractivity contribution in [1.29, 1.82) is 0 Å². The van der Waals surface area contributed by atoms with Gasteiger partial charge >= 0.3 is 6.01 Å². The van der Waals surface area contributed by atoms with Gasteiger partial charge in [-0.1, -0.05) is 5.10 Å². The molecule has 1 unspecified atom stereocenters. The van der Waals surface area contributed by atoms with Crippen LogP contribution < -0.4 is 10.6 Å². The zero-order valence-corrected chi connectivity index (χ0v) is 8.75. The molecular weight excluding hydrogens is 220 g/mol. The largest absolute Gasteiger partial charge is 0.408 e. The number of rotatable bonds is 4. The van der Waals surface area contributed by atoms with Crippen LogP contribution in [0, 0.1) is 0 Å². The van der Waals surface area contributed by atoms with E-state index in [2.05, 4.69) is 20.8 Å². The van der Waals surface area contributed by atoms with Crippen molar-refractivity contribution >= 4 is 23.5 Å². The third-order valence-corrected chi connectivity index (χ3v) is 2.27. The molecule has 82 valence electrons.